The van der Waals surface area contributed by atoms with Gasteiger partial charge in [0.25, 0.3) is 0 Å². The van der Waals surface area contributed by atoms with E-state index >= 15 is 0 Å². The quantitative estimate of drug-likeness (QED) is 0.599. The molecule has 0 aliphatic heterocycles. The predicted octanol–water partition coefficient (Wildman–Crippen LogP) is 2.58. The molecule has 1 atom stereocenters. The molecule has 1 aliphatic rings. The average Bonchev–Trinajstić information content (AvgIpc) is 2.19. The summed E-state index contributed by atoms with van der Waals surface area (Å²) in [7, 11) is 0. The van der Waals surface area contributed by atoms with Crippen LogP contribution in [0.2, 0.25) is 0 Å². The lowest BCUT2D eigenvalue weighted by atomic mass is 9.84. The van der Waals surface area contributed by atoms with Gasteiger partial charge in [-0.3, -0.25) is 0 Å². The van der Waals surface area contributed by atoms with Crippen LogP contribution in [0.15, 0.2) is 35.9 Å². The van der Waals surface area contributed by atoms with Gasteiger partial charge in [-0.2, -0.15) is 0 Å². The normalized spacial score (nSPS) is 24.5. The van der Waals surface area contributed by atoms with Crippen molar-refractivity contribution in [2.75, 3.05) is 0 Å². The molecule has 0 bridgehead atoms. The van der Waals surface area contributed by atoms with Crippen LogP contribution >= 0.6 is 0 Å². The Morgan fingerprint density at radius 2 is 2.08 bits per heavy atom. The van der Waals surface area contributed by atoms with Gasteiger partial charge in [0.1, 0.15) is 0 Å². The maximum Gasteiger partial charge on any atom is 0.0513 e. The van der Waals surface area contributed by atoms with Gasteiger partial charge in [-0.1, -0.05) is 35.9 Å². The molecule has 0 saturated carbocycles. The van der Waals surface area contributed by atoms with Gasteiger partial charge in [0.05, 0.1) is 6.04 Å². The Morgan fingerprint density at radius 1 is 1.31 bits per heavy atom. The highest BCUT2D eigenvalue weighted by atomic mass is 14.6. The van der Waals surface area contributed by atoms with Gasteiger partial charge in [-0.15, -0.1) is 0 Å². The molecule has 0 amide bonds. The molecular formula is C12H15N. The van der Waals surface area contributed by atoms with Crippen LogP contribution in [-0.4, -0.2) is 0 Å². The minimum Gasteiger partial charge on any atom is -0.321 e. The summed E-state index contributed by atoms with van der Waals surface area (Å²) < 4.78 is 0. The average molecular weight is 173 g/mol. The summed E-state index contributed by atoms with van der Waals surface area (Å²) in [4.78, 5) is 0. The molecule has 1 aliphatic carbocycles. The smallest absolute Gasteiger partial charge is 0.0513 e. The number of hydrogen-bond acceptors (Lipinski definition) is 1. The van der Waals surface area contributed by atoms with E-state index in [1.807, 2.05) is 0 Å². The Hall–Kier alpha value is -1.08. The van der Waals surface area contributed by atoms with E-state index in [0.717, 1.165) is 12.8 Å². The summed E-state index contributed by atoms with van der Waals surface area (Å²) in [6.07, 6.45) is 4.42. The van der Waals surface area contributed by atoms with Crippen LogP contribution in [0.3, 0.4) is 0 Å². The lowest BCUT2D eigenvalue weighted by Crippen LogP contribution is -2.19. The molecule has 0 fully saturated rings. The van der Waals surface area contributed by atoms with Crippen molar-refractivity contribution in [3.05, 3.63) is 47.0 Å². The third-order valence-corrected chi connectivity index (χ3v) is 2.84. The van der Waals surface area contributed by atoms with E-state index in [-0.39, 0.29) is 6.04 Å². The first-order chi connectivity index (χ1) is 6.33. The first-order valence-corrected chi connectivity index (χ1v) is 4.81. The fourth-order valence-corrected chi connectivity index (χ4v) is 2.02. The Kier molecular flexibility index (Phi) is 2.19. The standard InChI is InChI=1S/C12H15N/c1-2-9-7-8-10-5-3-4-6-11(10)12(9)13/h2-6,12H,7-8,13H2,1H3/b9-2+. The molecule has 68 valence electrons. The highest BCUT2D eigenvalue weighted by Gasteiger charge is 2.19. The zero-order chi connectivity index (χ0) is 9.26. The van der Waals surface area contributed by atoms with Gasteiger partial charge in [-0.25, -0.2) is 0 Å². The Bertz CT molecular complexity index is 339. The van der Waals surface area contributed by atoms with Gasteiger partial charge in [-0.05, 0) is 30.9 Å². The Labute approximate surface area is 79.3 Å². The van der Waals surface area contributed by atoms with E-state index in [9.17, 15) is 0 Å². The molecule has 1 nitrogen and oxygen atoms in total. The molecule has 0 radical (unpaired) electrons. The van der Waals surface area contributed by atoms with Crippen LogP contribution in [0.5, 0.6) is 0 Å². The number of rotatable bonds is 0. The fraction of sp³-hybridized carbons (Fsp3) is 0.333. The SMILES string of the molecule is C/C=C1\CCc2ccccc2C1N. The number of nitrogens with two attached hydrogens (primary N) is 1. The molecule has 0 saturated heterocycles. The van der Waals surface area contributed by atoms with Crippen molar-refractivity contribution in [3.63, 3.8) is 0 Å². The number of benzene rings is 1. The zero-order valence-electron chi connectivity index (χ0n) is 7.96. The van der Waals surface area contributed by atoms with E-state index in [1.54, 1.807) is 0 Å². The number of hydrogen-bond donors (Lipinski definition) is 1. The third-order valence-electron chi connectivity index (χ3n) is 2.84. The molecule has 2 rings (SSSR count). The predicted molar refractivity (Wildman–Crippen MR) is 55.4 cm³/mol. The van der Waals surface area contributed by atoms with Crippen molar-refractivity contribution in [2.24, 2.45) is 5.73 Å². The van der Waals surface area contributed by atoms with Crippen LogP contribution in [0.1, 0.15) is 30.5 Å². The molecule has 0 spiro atoms. The van der Waals surface area contributed by atoms with Crippen molar-refractivity contribution in [2.45, 2.75) is 25.8 Å². The summed E-state index contributed by atoms with van der Waals surface area (Å²) >= 11 is 0. The second-order valence-corrected chi connectivity index (χ2v) is 3.54. The second-order valence-electron chi connectivity index (χ2n) is 3.54. The molecule has 1 unspecified atom stereocenters. The van der Waals surface area contributed by atoms with Gasteiger partial charge in [0.2, 0.25) is 0 Å². The Morgan fingerprint density at radius 3 is 2.85 bits per heavy atom. The third kappa shape index (κ3) is 1.40. The van der Waals surface area contributed by atoms with Crippen LogP contribution < -0.4 is 5.73 Å². The molecule has 2 N–H and O–H groups in total. The van der Waals surface area contributed by atoms with Crippen molar-refractivity contribution >= 4 is 0 Å². The van der Waals surface area contributed by atoms with Crippen molar-refractivity contribution < 1.29 is 0 Å². The number of aryl methyl sites for hydroxylation is 1. The highest BCUT2D eigenvalue weighted by Crippen LogP contribution is 2.31. The number of fused-ring (bicyclic) bond motifs is 1. The minimum atomic E-state index is 0.134. The van der Waals surface area contributed by atoms with Crippen molar-refractivity contribution in [1.82, 2.24) is 0 Å². The van der Waals surface area contributed by atoms with Crippen molar-refractivity contribution in [1.29, 1.82) is 0 Å². The lowest BCUT2D eigenvalue weighted by molar-refractivity contribution is 0.711. The molecule has 1 heteroatoms. The van der Waals surface area contributed by atoms with Crippen LogP contribution in [-0.2, 0) is 6.42 Å². The number of allylic oxidation sites excluding steroid dienone is 1. The first-order valence-electron chi connectivity index (χ1n) is 4.81. The lowest BCUT2D eigenvalue weighted by Gasteiger charge is -2.25. The molecule has 1 aromatic carbocycles. The van der Waals surface area contributed by atoms with Crippen LogP contribution in [0.25, 0.3) is 0 Å². The minimum absolute atomic E-state index is 0.134. The van der Waals surface area contributed by atoms with E-state index in [2.05, 4.69) is 37.3 Å². The summed E-state index contributed by atoms with van der Waals surface area (Å²) in [5.41, 5.74) is 10.2. The van der Waals surface area contributed by atoms with E-state index < -0.39 is 0 Å². The van der Waals surface area contributed by atoms with Gasteiger partial charge < -0.3 is 5.73 Å². The maximum absolute atomic E-state index is 6.13. The molecule has 0 heterocycles. The summed E-state index contributed by atoms with van der Waals surface area (Å²) in [6, 6.07) is 8.61. The van der Waals surface area contributed by atoms with E-state index in [4.69, 9.17) is 5.73 Å². The summed E-state index contributed by atoms with van der Waals surface area (Å²) in [5.74, 6) is 0. The Balaban J connectivity index is 2.45. The van der Waals surface area contributed by atoms with Gasteiger partial charge >= 0.3 is 0 Å². The molecule has 13 heavy (non-hydrogen) atoms. The molecular weight excluding hydrogens is 158 g/mol. The molecule has 0 aromatic heterocycles. The van der Waals surface area contributed by atoms with Crippen molar-refractivity contribution in [3.8, 4) is 0 Å². The van der Waals surface area contributed by atoms with Crippen LogP contribution in [0.4, 0.5) is 0 Å². The zero-order valence-corrected chi connectivity index (χ0v) is 7.96. The van der Waals surface area contributed by atoms with E-state index in [0.29, 0.717) is 0 Å². The summed E-state index contributed by atoms with van der Waals surface area (Å²) in [6.45, 7) is 2.07. The summed E-state index contributed by atoms with van der Waals surface area (Å²) in [5, 5.41) is 0. The maximum atomic E-state index is 6.13. The second kappa shape index (κ2) is 3.35. The van der Waals surface area contributed by atoms with Crippen LogP contribution in [0, 0.1) is 0 Å². The largest absolute Gasteiger partial charge is 0.321 e. The van der Waals surface area contributed by atoms with Gasteiger partial charge in [0.15, 0.2) is 0 Å². The highest BCUT2D eigenvalue weighted by molar-refractivity contribution is 5.39. The molecule has 1 aromatic rings. The fourth-order valence-electron chi connectivity index (χ4n) is 2.02. The van der Waals surface area contributed by atoms with Gasteiger partial charge in [0, 0.05) is 0 Å². The monoisotopic (exact) mass is 173 g/mol. The first kappa shape index (κ1) is 8.52. The topological polar surface area (TPSA) is 26.0 Å². The van der Waals surface area contributed by atoms with E-state index in [1.165, 1.54) is 16.7 Å².